The molecule has 104 valence electrons. The number of carbonyl (C=O) groups excluding carboxylic acids is 3. The maximum absolute atomic E-state index is 11.3. The molecule has 0 saturated heterocycles. The Morgan fingerprint density at radius 2 is 1.35 bits per heavy atom. The quantitative estimate of drug-likeness (QED) is 0.233. The minimum atomic E-state index is -0.896. The molecule has 0 aromatic carbocycles. The summed E-state index contributed by atoms with van der Waals surface area (Å²) < 4.78 is 9.00. The van der Waals surface area contributed by atoms with E-state index < -0.39 is 17.9 Å². The molecule has 0 aliphatic carbocycles. The van der Waals surface area contributed by atoms with Crippen LogP contribution in [0, 0.1) is 0 Å². The second-order valence-electron chi connectivity index (χ2n) is 3.44. The SMILES string of the molecule is C=C(C)C(=O)OC=C(C)C(=O)OC(=O)C(=C)C.[AlH3].[Ca+2].[H-].[H-].[Zn]. The molecule has 0 saturated carbocycles. The Bertz CT molecular complexity index is 441. The smallest absolute Gasteiger partial charge is 1.00 e. The van der Waals surface area contributed by atoms with E-state index in [0.29, 0.717) is 0 Å². The normalized spacial score (nSPS) is 8.85. The van der Waals surface area contributed by atoms with Crippen LogP contribution in [0.1, 0.15) is 23.6 Å². The molecule has 5 nitrogen and oxygen atoms in total. The van der Waals surface area contributed by atoms with Crippen LogP contribution in [0.25, 0.3) is 0 Å². The molecule has 0 N–H and O–H groups in total. The molecule has 0 aliphatic heterocycles. The molecule has 0 aliphatic rings. The van der Waals surface area contributed by atoms with E-state index in [1.807, 2.05) is 0 Å². The summed E-state index contributed by atoms with van der Waals surface area (Å²) in [5.41, 5.74) is 0.278. The number of hydrogen-bond donors (Lipinski definition) is 0. The van der Waals surface area contributed by atoms with Gasteiger partial charge in [-0.05, 0) is 20.8 Å². The van der Waals surface area contributed by atoms with Crippen molar-refractivity contribution < 1.29 is 46.2 Å². The van der Waals surface area contributed by atoms with E-state index in [1.54, 1.807) is 0 Å². The van der Waals surface area contributed by atoms with Gasteiger partial charge >= 0.3 is 55.6 Å². The van der Waals surface area contributed by atoms with Gasteiger partial charge in [0.2, 0.25) is 0 Å². The maximum Gasteiger partial charge on any atom is 2.00 e. The van der Waals surface area contributed by atoms with Crippen LogP contribution in [0.2, 0.25) is 0 Å². The predicted octanol–water partition coefficient (Wildman–Crippen LogP) is 0.313. The van der Waals surface area contributed by atoms with E-state index in [4.69, 9.17) is 0 Å². The number of ether oxygens (including phenoxy) is 2. The van der Waals surface area contributed by atoms with Crippen molar-refractivity contribution in [2.45, 2.75) is 20.8 Å². The summed E-state index contributed by atoms with van der Waals surface area (Å²) in [5, 5.41) is 0. The molecule has 0 spiro atoms. The van der Waals surface area contributed by atoms with Gasteiger partial charge in [-0.25, -0.2) is 14.4 Å². The molecule has 0 aromatic rings. The minimum absolute atomic E-state index is 0. The van der Waals surface area contributed by atoms with Crippen molar-refractivity contribution in [3.05, 3.63) is 36.1 Å². The van der Waals surface area contributed by atoms with Crippen LogP contribution in [0.4, 0.5) is 0 Å². The average molecular weight is 376 g/mol. The second-order valence-corrected chi connectivity index (χ2v) is 3.44. The minimum Gasteiger partial charge on any atom is -1.00 e. The van der Waals surface area contributed by atoms with E-state index in [9.17, 15) is 14.4 Å². The van der Waals surface area contributed by atoms with Crippen molar-refractivity contribution in [3.63, 3.8) is 0 Å². The summed E-state index contributed by atoms with van der Waals surface area (Å²) >= 11 is 0. The van der Waals surface area contributed by atoms with Crippen molar-refractivity contribution in [1.82, 2.24) is 0 Å². The first-order valence-corrected chi connectivity index (χ1v) is 4.71. The van der Waals surface area contributed by atoms with E-state index in [-0.39, 0.29) is 94.1 Å². The Kier molecular flexibility index (Phi) is 20.2. The van der Waals surface area contributed by atoms with Crippen LogP contribution < -0.4 is 0 Å². The van der Waals surface area contributed by atoms with Crippen LogP contribution in [-0.4, -0.2) is 73.0 Å². The third-order valence-corrected chi connectivity index (χ3v) is 1.55. The molecule has 20 heavy (non-hydrogen) atoms. The summed E-state index contributed by atoms with van der Waals surface area (Å²) in [6, 6.07) is 0. The van der Waals surface area contributed by atoms with Crippen LogP contribution in [0.3, 0.4) is 0 Å². The van der Waals surface area contributed by atoms with Crippen LogP contribution in [0.15, 0.2) is 36.1 Å². The Morgan fingerprint density at radius 1 is 0.950 bits per heavy atom. The molecule has 8 heteroatoms. The molecule has 0 unspecified atom stereocenters. The monoisotopic (exact) mass is 374 g/mol. The zero-order valence-corrected chi connectivity index (χ0v) is 16.6. The molecular formula is C12H19AlCaO5Zn. The molecule has 0 amide bonds. The van der Waals surface area contributed by atoms with Crippen LogP contribution in [-0.2, 0) is 43.3 Å². The zero-order chi connectivity index (χ0) is 13.6. The Morgan fingerprint density at radius 3 is 1.70 bits per heavy atom. The van der Waals surface area contributed by atoms with Crippen LogP contribution in [0.5, 0.6) is 0 Å². The number of carbonyl (C=O) groups is 3. The molecule has 0 aromatic heterocycles. The number of hydrogen-bond acceptors (Lipinski definition) is 5. The summed E-state index contributed by atoms with van der Waals surface area (Å²) in [5.74, 6) is -2.38. The van der Waals surface area contributed by atoms with Crippen molar-refractivity contribution in [2.24, 2.45) is 0 Å². The van der Waals surface area contributed by atoms with Gasteiger partial charge in [0.05, 0.1) is 5.57 Å². The Labute approximate surface area is 174 Å². The molecule has 0 bridgehead atoms. The third kappa shape index (κ3) is 12.0. The van der Waals surface area contributed by atoms with E-state index >= 15 is 0 Å². The zero-order valence-electron chi connectivity index (χ0n) is 13.4. The van der Waals surface area contributed by atoms with E-state index in [1.165, 1.54) is 20.8 Å². The molecule has 0 atom stereocenters. The van der Waals surface area contributed by atoms with E-state index in [0.717, 1.165) is 6.26 Å². The summed E-state index contributed by atoms with van der Waals surface area (Å²) in [7, 11) is 0. The third-order valence-electron chi connectivity index (χ3n) is 1.55. The largest absolute Gasteiger partial charge is 2.00 e. The Hall–Kier alpha value is 0.246. The van der Waals surface area contributed by atoms with Crippen LogP contribution >= 0.6 is 0 Å². The van der Waals surface area contributed by atoms with Crippen molar-refractivity contribution in [3.8, 4) is 0 Å². The van der Waals surface area contributed by atoms with Crippen molar-refractivity contribution in [2.75, 3.05) is 0 Å². The van der Waals surface area contributed by atoms with Gasteiger partial charge in [-0.3, -0.25) is 0 Å². The first kappa shape index (κ1) is 28.4. The van der Waals surface area contributed by atoms with Crippen molar-refractivity contribution >= 4 is 73.0 Å². The van der Waals surface area contributed by atoms with Gasteiger partial charge in [-0.2, -0.15) is 0 Å². The summed E-state index contributed by atoms with van der Waals surface area (Å²) in [4.78, 5) is 33.3. The van der Waals surface area contributed by atoms with Gasteiger partial charge in [0.25, 0.3) is 0 Å². The number of rotatable bonds is 4. The fourth-order valence-corrected chi connectivity index (χ4v) is 0.542. The van der Waals surface area contributed by atoms with Gasteiger partial charge in [0.15, 0.2) is 17.4 Å². The Balaban J connectivity index is -0.000000128. The van der Waals surface area contributed by atoms with E-state index in [2.05, 4.69) is 22.6 Å². The average Bonchev–Trinajstić information content (AvgIpc) is 2.24. The standard InChI is InChI=1S/C12H14O5.Al.Ca.Zn.5H/c1-7(2)10(13)16-6-9(5)12(15)17-11(14)8(3)4;;;;;;;;/h6H,1,3H2,2,4-5H3;;;;;;;;/q;;+2;;;;;2*-1. The maximum atomic E-state index is 11.3. The number of esters is 3. The molecule has 0 radical (unpaired) electrons. The fraction of sp³-hybridized carbons (Fsp3) is 0.250. The van der Waals surface area contributed by atoms with Gasteiger partial charge in [0.1, 0.15) is 6.26 Å². The van der Waals surface area contributed by atoms with Gasteiger partial charge in [-0.15, -0.1) is 0 Å². The molecule has 0 rings (SSSR count). The summed E-state index contributed by atoms with van der Waals surface area (Å²) in [6.45, 7) is 10.9. The van der Waals surface area contributed by atoms with Gasteiger partial charge in [0, 0.05) is 30.6 Å². The first-order chi connectivity index (χ1) is 7.75. The van der Waals surface area contributed by atoms with Crippen molar-refractivity contribution in [1.29, 1.82) is 0 Å². The second kappa shape index (κ2) is 14.2. The molecular weight excluding hydrogens is 357 g/mol. The fourth-order valence-electron chi connectivity index (χ4n) is 0.542. The van der Waals surface area contributed by atoms with Gasteiger partial charge in [-0.1, -0.05) is 13.2 Å². The molecule has 0 fully saturated rings. The summed E-state index contributed by atoms with van der Waals surface area (Å²) in [6.07, 6.45) is 0.908. The molecule has 0 heterocycles. The topological polar surface area (TPSA) is 69.7 Å². The van der Waals surface area contributed by atoms with Gasteiger partial charge < -0.3 is 12.3 Å². The first-order valence-electron chi connectivity index (χ1n) is 4.71. The predicted molar refractivity (Wildman–Crippen MR) is 78.5 cm³/mol.